The van der Waals surface area contributed by atoms with Crippen LogP contribution in [0.25, 0.3) is 0 Å². The lowest BCUT2D eigenvalue weighted by Crippen LogP contribution is -2.39. The standard InChI is InChI=1S/C12H19ClN2O4S/c1-8-11(14)5-9(13)6-12(8)20(17,18)15-10(3-4-16)7-19-2/h5-6,10,15-16H,3-4,7,14H2,1-2H3. The first kappa shape index (κ1) is 17.2. The van der Waals surface area contributed by atoms with Crippen LogP contribution in [0.3, 0.4) is 0 Å². The third kappa shape index (κ3) is 4.32. The molecule has 6 nitrogen and oxygen atoms in total. The molecule has 0 aliphatic carbocycles. The number of sulfonamides is 1. The molecule has 4 N–H and O–H groups in total. The first-order valence-corrected chi connectivity index (χ1v) is 7.85. The Balaban J connectivity index is 3.10. The molecule has 0 saturated carbocycles. The van der Waals surface area contributed by atoms with Gasteiger partial charge in [-0.05, 0) is 31.0 Å². The van der Waals surface area contributed by atoms with Gasteiger partial charge >= 0.3 is 0 Å². The van der Waals surface area contributed by atoms with Crippen molar-refractivity contribution in [1.29, 1.82) is 0 Å². The topological polar surface area (TPSA) is 102 Å². The van der Waals surface area contributed by atoms with Gasteiger partial charge in [-0.25, -0.2) is 13.1 Å². The summed E-state index contributed by atoms with van der Waals surface area (Å²) in [6, 6.07) is 2.32. The van der Waals surface area contributed by atoms with E-state index >= 15 is 0 Å². The third-order valence-electron chi connectivity index (χ3n) is 2.82. The maximum absolute atomic E-state index is 12.4. The number of hydrogen-bond donors (Lipinski definition) is 3. The lowest BCUT2D eigenvalue weighted by atomic mass is 10.2. The van der Waals surface area contributed by atoms with Gasteiger partial charge < -0.3 is 15.6 Å². The largest absolute Gasteiger partial charge is 0.398 e. The zero-order chi connectivity index (χ0) is 15.3. The fraction of sp³-hybridized carbons (Fsp3) is 0.500. The van der Waals surface area contributed by atoms with Crippen molar-refractivity contribution in [3.63, 3.8) is 0 Å². The SMILES string of the molecule is COCC(CCO)NS(=O)(=O)c1cc(Cl)cc(N)c1C. The van der Waals surface area contributed by atoms with Crippen molar-refractivity contribution >= 4 is 27.3 Å². The van der Waals surface area contributed by atoms with E-state index in [1.807, 2.05) is 0 Å². The average molecular weight is 323 g/mol. The zero-order valence-corrected chi connectivity index (χ0v) is 13.0. The minimum Gasteiger partial charge on any atom is -0.398 e. The summed E-state index contributed by atoms with van der Waals surface area (Å²) in [5, 5.41) is 9.19. The van der Waals surface area contributed by atoms with Gasteiger partial charge in [-0.1, -0.05) is 11.6 Å². The molecule has 0 aliphatic heterocycles. The van der Waals surface area contributed by atoms with Crippen molar-refractivity contribution < 1.29 is 18.3 Å². The van der Waals surface area contributed by atoms with Crippen LogP contribution < -0.4 is 10.5 Å². The second-order valence-corrected chi connectivity index (χ2v) is 6.52. The molecular weight excluding hydrogens is 304 g/mol. The van der Waals surface area contributed by atoms with Gasteiger partial charge in [0.25, 0.3) is 0 Å². The van der Waals surface area contributed by atoms with E-state index in [0.717, 1.165) is 0 Å². The van der Waals surface area contributed by atoms with E-state index in [1.165, 1.54) is 19.2 Å². The maximum Gasteiger partial charge on any atom is 0.241 e. The predicted octanol–water partition coefficient (Wildman–Crippen LogP) is 0.906. The van der Waals surface area contributed by atoms with Crippen LogP contribution in [-0.2, 0) is 14.8 Å². The summed E-state index contributed by atoms with van der Waals surface area (Å²) in [4.78, 5) is 0.0292. The number of ether oxygens (including phenoxy) is 1. The first-order valence-electron chi connectivity index (χ1n) is 5.99. The summed E-state index contributed by atoms with van der Waals surface area (Å²) < 4.78 is 32.1. The Hall–Kier alpha value is -0.860. The van der Waals surface area contributed by atoms with E-state index in [-0.39, 0.29) is 29.6 Å². The lowest BCUT2D eigenvalue weighted by molar-refractivity contribution is 0.158. The second kappa shape index (κ2) is 7.24. The Kier molecular flexibility index (Phi) is 6.22. The molecular formula is C12H19ClN2O4S. The second-order valence-electron chi connectivity index (χ2n) is 4.40. The van der Waals surface area contributed by atoms with Gasteiger partial charge in [0, 0.05) is 30.5 Å². The summed E-state index contributed by atoms with van der Waals surface area (Å²) in [7, 11) is -2.33. The number of rotatable bonds is 7. The molecule has 0 spiro atoms. The molecule has 0 saturated heterocycles. The molecule has 1 unspecified atom stereocenters. The number of nitrogens with two attached hydrogens (primary N) is 1. The van der Waals surface area contributed by atoms with E-state index in [2.05, 4.69) is 4.72 Å². The van der Waals surface area contributed by atoms with Gasteiger partial charge in [-0.3, -0.25) is 0 Å². The molecule has 0 aliphatic rings. The van der Waals surface area contributed by atoms with Crippen molar-refractivity contribution in [3.8, 4) is 0 Å². The van der Waals surface area contributed by atoms with E-state index in [4.69, 9.17) is 27.2 Å². The smallest absolute Gasteiger partial charge is 0.241 e. The summed E-state index contributed by atoms with van der Waals surface area (Å²) in [5.74, 6) is 0. The molecule has 8 heteroatoms. The first-order chi connectivity index (χ1) is 9.31. The minimum absolute atomic E-state index is 0.0292. The van der Waals surface area contributed by atoms with Crippen LogP contribution in [-0.4, -0.2) is 39.9 Å². The zero-order valence-electron chi connectivity index (χ0n) is 11.4. The Morgan fingerprint density at radius 3 is 2.70 bits per heavy atom. The number of methoxy groups -OCH3 is 1. The quantitative estimate of drug-likeness (QED) is 0.648. The number of aliphatic hydroxyl groups excluding tert-OH is 1. The minimum atomic E-state index is -3.79. The number of halogens is 1. The van der Waals surface area contributed by atoms with Crippen LogP contribution in [0.4, 0.5) is 5.69 Å². The fourth-order valence-corrected chi connectivity index (χ4v) is 3.62. The Labute approximate surface area is 123 Å². The number of benzene rings is 1. The predicted molar refractivity (Wildman–Crippen MR) is 78.3 cm³/mol. The molecule has 0 radical (unpaired) electrons. The molecule has 1 atom stereocenters. The molecule has 1 aromatic carbocycles. The van der Waals surface area contributed by atoms with E-state index < -0.39 is 16.1 Å². The van der Waals surface area contributed by atoms with E-state index in [0.29, 0.717) is 11.3 Å². The Morgan fingerprint density at radius 2 is 2.15 bits per heavy atom. The fourth-order valence-electron chi connectivity index (χ4n) is 1.77. The van der Waals surface area contributed by atoms with E-state index in [1.54, 1.807) is 6.92 Å². The molecule has 0 fully saturated rings. The van der Waals surface area contributed by atoms with Gasteiger partial charge in [0.15, 0.2) is 0 Å². The molecule has 1 rings (SSSR count). The normalized spacial score (nSPS) is 13.4. The highest BCUT2D eigenvalue weighted by atomic mass is 35.5. The average Bonchev–Trinajstić information content (AvgIpc) is 2.33. The Bertz CT molecular complexity index is 557. The van der Waals surface area contributed by atoms with Crippen molar-refractivity contribution in [1.82, 2.24) is 4.72 Å². The van der Waals surface area contributed by atoms with Crippen molar-refractivity contribution in [2.45, 2.75) is 24.3 Å². The molecule has 0 aromatic heterocycles. The van der Waals surface area contributed by atoms with Crippen LogP contribution in [0.5, 0.6) is 0 Å². The summed E-state index contributed by atoms with van der Waals surface area (Å²) >= 11 is 5.85. The van der Waals surface area contributed by atoms with Gasteiger partial charge in [-0.15, -0.1) is 0 Å². The molecule has 0 bridgehead atoms. The number of aliphatic hydroxyl groups is 1. The van der Waals surface area contributed by atoms with Crippen LogP contribution in [0.2, 0.25) is 5.02 Å². The number of nitrogen functional groups attached to an aromatic ring is 1. The third-order valence-corrected chi connectivity index (χ3v) is 4.69. The van der Waals surface area contributed by atoms with Crippen molar-refractivity contribution in [3.05, 3.63) is 22.7 Å². The van der Waals surface area contributed by atoms with Gasteiger partial charge in [-0.2, -0.15) is 0 Å². The summed E-state index contributed by atoms with van der Waals surface area (Å²) in [6.45, 7) is 1.62. The molecule has 114 valence electrons. The highest BCUT2D eigenvalue weighted by Crippen LogP contribution is 2.26. The van der Waals surface area contributed by atoms with Gasteiger partial charge in [0.1, 0.15) is 0 Å². The van der Waals surface area contributed by atoms with Crippen LogP contribution in [0, 0.1) is 6.92 Å². The van der Waals surface area contributed by atoms with Crippen LogP contribution in [0.15, 0.2) is 17.0 Å². The number of hydrogen-bond acceptors (Lipinski definition) is 5. The van der Waals surface area contributed by atoms with Gasteiger partial charge in [0.2, 0.25) is 10.0 Å². The van der Waals surface area contributed by atoms with Crippen molar-refractivity contribution in [2.75, 3.05) is 26.1 Å². The summed E-state index contributed by atoms with van der Waals surface area (Å²) in [6.07, 6.45) is 0.252. The molecule has 0 amide bonds. The van der Waals surface area contributed by atoms with E-state index in [9.17, 15) is 8.42 Å². The maximum atomic E-state index is 12.4. The Morgan fingerprint density at radius 1 is 1.50 bits per heavy atom. The number of anilines is 1. The van der Waals surface area contributed by atoms with Gasteiger partial charge in [0.05, 0.1) is 11.5 Å². The molecule has 20 heavy (non-hydrogen) atoms. The number of nitrogens with one attached hydrogen (secondary N) is 1. The summed E-state index contributed by atoms with van der Waals surface area (Å²) in [5.41, 5.74) is 6.47. The molecule has 1 aromatic rings. The van der Waals surface area contributed by atoms with Crippen LogP contribution in [0.1, 0.15) is 12.0 Å². The lowest BCUT2D eigenvalue weighted by Gasteiger charge is -2.18. The van der Waals surface area contributed by atoms with Crippen LogP contribution >= 0.6 is 11.6 Å². The highest BCUT2D eigenvalue weighted by Gasteiger charge is 2.23. The monoisotopic (exact) mass is 322 g/mol. The van der Waals surface area contributed by atoms with Crippen molar-refractivity contribution in [2.24, 2.45) is 0 Å². The molecule has 0 heterocycles. The highest BCUT2D eigenvalue weighted by molar-refractivity contribution is 7.89.